The standard InChI is InChI=1S/C26H30N6O5S/c1-20-6-8-22(9-7-20)38(33,34)37-23-5-3-2-4-21(23)19-27-30-24-18-25(31-10-14-35-15-11-31)29-26(28-24)32-12-16-36-17-13-32/h2-9,18-19H,10-17H2,1H3,(H,28,29,30)/b27-19-. The van der Waals surface area contributed by atoms with E-state index in [2.05, 4.69) is 25.3 Å². The van der Waals surface area contributed by atoms with Gasteiger partial charge in [-0.25, -0.2) is 0 Å². The fourth-order valence-corrected chi connectivity index (χ4v) is 4.99. The Morgan fingerprint density at radius 2 is 1.58 bits per heavy atom. The first-order valence-electron chi connectivity index (χ1n) is 12.4. The summed E-state index contributed by atoms with van der Waals surface area (Å²) >= 11 is 0. The van der Waals surface area contributed by atoms with Crippen molar-refractivity contribution in [1.82, 2.24) is 9.97 Å². The van der Waals surface area contributed by atoms with E-state index in [1.165, 1.54) is 18.3 Å². The highest BCUT2D eigenvalue weighted by Crippen LogP contribution is 2.24. The number of rotatable bonds is 8. The molecule has 2 fully saturated rings. The monoisotopic (exact) mass is 538 g/mol. The molecule has 1 N–H and O–H groups in total. The summed E-state index contributed by atoms with van der Waals surface area (Å²) in [6.07, 6.45) is 1.50. The first-order chi connectivity index (χ1) is 18.5. The summed E-state index contributed by atoms with van der Waals surface area (Å²) < 4.78 is 42.0. The maximum Gasteiger partial charge on any atom is 0.339 e. The van der Waals surface area contributed by atoms with Crippen LogP contribution < -0.4 is 19.4 Å². The van der Waals surface area contributed by atoms with Gasteiger partial charge in [-0.2, -0.15) is 23.5 Å². The van der Waals surface area contributed by atoms with Crippen molar-refractivity contribution in [1.29, 1.82) is 0 Å². The van der Waals surface area contributed by atoms with Crippen LogP contribution in [-0.2, 0) is 19.6 Å². The predicted molar refractivity (Wildman–Crippen MR) is 145 cm³/mol. The molecule has 5 rings (SSSR count). The highest BCUT2D eigenvalue weighted by molar-refractivity contribution is 7.87. The molecular formula is C26H30N6O5S. The van der Waals surface area contributed by atoms with Gasteiger partial charge in [0.2, 0.25) is 5.95 Å². The van der Waals surface area contributed by atoms with E-state index < -0.39 is 10.1 Å². The summed E-state index contributed by atoms with van der Waals surface area (Å²) in [7, 11) is -4.00. The summed E-state index contributed by atoms with van der Waals surface area (Å²) in [6, 6.07) is 15.2. The molecule has 38 heavy (non-hydrogen) atoms. The van der Waals surface area contributed by atoms with Crippen LogP contribution in [-0.4, -0.2) is 77.2 Å². The smallest absolute Gasteiger partial charge is 0.339 e. The normalized spacial score (nSPS) is 16.6. The minimum atomic E-state index is -4.00. The van der Waals surface area contributed by atoms with Crippen LogP contribution in [0.1, 0.15) is 11.1 Å². The molecule has 0 spiro atoms. The summed E-state index contributed by atoms with van der Waals surface area (Å²) in [4.78, 5) is 13.8. The second kappa shape index (κ2) is 11.8. The SMILES string of the molecule is Cc1ccc(S(=O)(=O)Oc2ccccc2/C=N\Nc2cc(N3CCOCC3)nc(N3CCOCC3)n2)cc1. The summed E-state index contributed by atoms with van der Waals surface area (Å²) in [6.45, 7) is 7.29. The van der Waals surface area contributed by atoms with Gasteiger partial charge in [-0.3, -0.25) is 5.43 Å². The maximum atomic E-state index is 12.8. The van der Waals surface area contributed by atoms with Crippen molar-refractivity contribution in [2.45, 2.75) is 11.8 Å². The summed E-state index contributed by atoms with van der Waals surface area (Å²) in [5.74, 6) is 2.08. The van der Waals surface area contributed by atoms with Gasteiger partial charge >= 0.3 is 10.1 Å². The zero-order valence-electron chi connectivity index (χ0n) is 21.1. The first-order valence-corrected chi connectivity index (χ1v) is 13.8. The van der Waals surface area contributed by atoms with E-state index in [-0.39, 0.29) is 10.6 Å². The van der Waals surface area contributed by atoms with Gasteiger partial charge in [-0.15, -0.1) is 0 Å². The molecule has 0 saturated carbocycles. The van der Waals surface area contributed by atoms with Crippen LogP contribution in [0.25, 0.3) is 0 Å². The van der Waals surface area contributed by atoms with Gasteiger partial charge < -0.3 is 23.5 Å². The topological polar surface area (TPSA) is 118 Å². The average molecular weight is 539 g/mol. The van der Waals surface area contributed by atoms with Crippen LogP contribution in [0.15, 0.2) is 64.6 Å². The van der Waals surface area contributed by atoms with Crippen molar-refractivity contribution in [2.75, 3.05) is 67.8 Å². The predicted octanol–water partition coefficient (Wildman–Crippen LogP) is 2.67. The Kier molecular flexibility index (Phi) is 8.01. The molecule has 0 amide bonds. The lowest BCUT2D eigenvalue weighted by molar-refractivity contribution is 0.121. The lowest BCUT2D eigenvalue weighted by atomic mass is 10.2. The molecule has 1 aromatic heterocycles. The Bertz CT molecular complexity index is 1330. The zero-order chi connectivity index (χ0) is 26.4. The van der Waals surface area contributed by atoms with E-state index in [1.807, 2.05) is 13.0 Å². The number of anilines is 3. The zero-order valence-corrected chi connectivity index (χ0v) is 21.9. The molecule has 2 aliphatic heterocycles. The average Bonchev–Trinajstić information content (AvgIpc) is 2.95. The van der Waals surface area contributed by atoms with Crippen molar-refractivity contribution in [3.63, 3.8) is 0 Å². The molecule has 3 heterocycles. The summed E-state index contributed by atoms with van der Waals surface area (Å²) in [5.41, 5.74) is 4.43. The number of ether oxygens (including phenoxy) is 2. The van der Waals surface area contributed by atoms with Crippen molar-refractivity contribution in [2.24, 2.45) is 5.10 Å². The van der Waals surface area contributed by atoms with Crippen molar-refractivity contribution in [3.05, 3.63) is 65.7 Å². The fraction of sp³-hybridized carbons (Fsp3) is 0.346. The van der Waals surface area contributed by atoms with E-state index in [0.717, 1.165) is 24.5 Å². The molecule has 0 bridgehead atoms. The largest absolute Gasteiger partial charge is 0.378 e. The number of aryl methyl sites for hydroxylation is 1. The van der Waals surface area contributed by atoms with Gasteiger partial charge in [0.15, 0.2) is 11.6 Å². The third-order valence-electron chi connectivity index (χ3n) is 6.14. The Morgan fingerprint density at radius 1 is 0.921 bits per heavy atom. The molecule has 12 heteroatoms. The number of nitrogens with zero attached hydrogens (tertiary/aromatic N) is 5. The molecule has 200 valence electrons. The highest BCUT2D eigenvalue weighted by atomic mass is 32.2. The Labute approximate surface area is 222 Å². The molecule has 11 nitrogen and oxygen atoms in total. The number of nitrogens with one attached hydrogen (secondary N) is 1. The van der Waals surface area contributed by atoms with Crippen LogP contribution >= 0.6 is 0 Å². The molecule has 2 saturated heterocycles. The Hall–Kier alpha value is -3.74. The van der Waals surface area contributed by atoms with E-state index in [0.29, 0.717) is 56.8 Å². The minimum Gasteiger partial charge on any atom is -0.378 e. The molecule has 3 aromatic rings. The number of morpholine rings is 2. The van der Waals surface area contributed by atoms with Gasteiger partial charge in [0.05, 0.1) is 32.6 Å². The highest BCUT2D eigenvalue weighted by Gasteiger charge is 2.20. The van der Waals surface area contributed by atoms with E-state index >= 15 is 0 Å². The van der Waals surface area contributed by atoms with E-state index in [4.69, 9.17) is 18.6 Å². The molecule has 0 unspecified atom stereocenters. The quantitative estimate of drug-likeness (QED) is 0.260. The molecule has 2 aliphatic rings. The number of benzene rings is 2. The number of hydrogen-bond donors (Lipinski definition) is 1. The third kappa shape index (κ3) is 6.39. The van der Waals surface area contributed by atoms with Crippen LogP contribution in [0, 0.1) is 6.92 Å². The van der Waals surface area contributed by atoms with Crippen LogP contribution in [0.5, 0.6) is 5.75 Å². The van der Waals surface area contributed by atoms with Crippen LogP contribution in [0.3, 0.4) is 0 Å². The fourth-order valence-electron chi connectivity index (χ4n) is 4.04. The van der Waals surface area contributed by atoms with Crippen LogP contribution in [0.2, 0.25) is 0 Å². The molecule has 0 radical (unpaired) electrons. The lowest BCUT2D eigenvalue weighted by Crippen LogP contribution is -2.39. The minimum absolute atomic E-state index is 0.0836. The summed E-state index contributed by atoms with van der Waals surface area (Å²) in [5, 5.41) is 4.33. The van der Waals surface area contributed by atoms with Gasteiger partial charge in [-0.05, 0) is 31.2 Å². The van der Waals surface area contributed by atoms with Gasteiger partial charge in [0.1, 0.15) is 10.7 Å². The second-order valence-electron chi connectivity index (χ2n) is 8.87. The second-order valence-corrected chi connectivity index (χ2v) is 10.4. The first kappa shape index (κ1) is 25.9. The number of hydrazone groups is 1. The Morgan fingerprint density at radius 3 is 2.29 bits per heavy atom. The molecule has 0 aliphatic carbocycles. The maximum absolute atomic E-state index is 12.8. The molecule has 0 atom stereocenters. The van der Waals surface area contributed by atoms with Crippen LogP contribution in [0.4, 0.5) is 17.6 Å². The van der Waals surface area contributed by atoms with Gasteiger partial charge in [0.25, 0.3) is 0 Å². The van der Waals surface area contributed by atoms with Crippen molar-refractivity contribution < 1.29 is 22.1 Å². The van der Waals surface area contributed by atoms with E-state index in [1.54, 1.807) is 36.4 Å². The number of para-hydroxylation sites is 1. The van der Waals surface area contributed by atoms with E-state index in [9.17, 15) is 8.42 Å². The Balaban J connectivity index is 1.36. The van der Waals surface area contributed by atoms with Gasteiger partial charge in [-0.1, -0.05) is 29.8 Å². The lowest BCUT2D eigenvalue weighted by Gasteiger charge is -2.31. The van der Waals surface area contributed by atoms with Crippen molar-refractivity contribution >= 4 is 33.9 Å². The van der Waals surface area contributed by atoms with Crippen molar-refractivity contribution in [3.8, 4) is 5.75 Å². The third-order valence-corrected chi connectivity index (χ3v) is 7.39. The molecule has 2 aromatic carbocycles. The number of hydrogen-bond acceptors (Lipinski definition) is 11. The molecular weight excluding hydrogens is 508 g/mol. The number of aromatic nitrogens is 2. The van der Waals surface area contributed by atoms with Gasteiger partial charge in [0, 0.05) is 37.8 Å².